The Labute approximate surface area is 94.8 Å². The molecule has 1 rings (SSSR count). The van der Waals surface area contributed by atoms with Gasteiger partial charge >= 0.3 is 0 Å². The maximum absolute atomic E-state index is 3.47. The van der Waals surface area contributed by atoms with Crippen LogP contribution in [-0.4, -0.2) is 62.7 Å². The van der Waals surface area contributed by atoms with Crippen LogP contribution in [0, 0.1) is 5.92 Å². The van der Waals surface area contributed by atoms with Crippen LogP contribution in [0.15, 0.2) is 0 Å². The van der Waals surface area contributed by atoms with Gasteiger partial charge < -0.3 is 15.1 Å². The molecule has 0 saturated carbocycles. The van der Waals surface area contributed by atoms with Crippen molar-refractivity contribution in [3.8, 4) is 0 Å². The van der Waals surface area contributed by atoms with Crippen LogP contribution in [-0.2, 0) is 0 Å². The fourth-order valence-corrected chi connectivity index (χ4v) is 2.27. The molecule has 1 aliphatic heterocycles. The fraction of sp³-hybridized carbons (Fsp3) is 1.00. The maximum atomic E-state index is 3.47. The first-order valence-electron chi connectivity index (χ1n) is 6.19. The van der Waals surface area contributed by atoms with Crippen LogP contribution in [0.5, 0.6) is 0 Å². The third kappa shape index (κ3) is 4.96. The molecule has 1 unspecified atom stereocenters. The van der Waals surface area contributed by atoms with E-state index in [1.54, 1.807) is 0 Å². The Kier molecular flexibility index (Phi) is 5.58. The van der Waals surface area contributed by atoms with E-state index in [9.17, 15) is 0 Å². The van der Waals surface area contributed by atoms with Gasteiger partial charge in [0.1, 0.15) is 0 Å². The van der Waals surface area contributed by atoms with Crippen LogP contribution in [0.1, 0.15) is 20.3 Å². The Balaban J connectivity index is 2.17. The predicted molar refractivity (Wildman–Crippen MR) is 66.2 cm³/mol. The first kappa shape index (κ1) is 12.9. The highest BCUT2D eigenvalue weighted by Crippen LogP contribution is 2.06. The van der Waals surface area contributed by atoms with Crippen molar-refractivity contribution in [1.29, 1.82) is 0 Å². The molecular formula is C12H27N3. The highest BCUT2D eigenvalue weighted by atomic mass is 15.2. The van der Waals surface area contributed by atoms with Crippen LogP contribution in [0.3, 0.4) is 0 Å². The Morgan fingerprint density at radius 3 is 2.80 bits per heavy atom. The van der Waals surface area contributed by atoms with Gasteiger partial charge in [-0.1, -0.05) is 13.8 Å². The zero-order chi connectivity index (χ0) is 11.3. The molecule has 3 heteroatoms. The first-order valence-corrected chi connectivity index (χ1v) is 6.19. The molecular weight excluding hydrogens is 186 g/mol. The van der Waals surface area contributed by atoms with Crippen LogP contribution >= 0.6 is 0 Å². The van der Waals surface area contributed by atoms with Crippen molar-refractivity contribution in [1.82, 2.24) is 15.1 Å². The number of rotatable bonds is 5. The largest absolute Gasteiger partial charge is 0.314 e. The molecule has 0 amide bonds. The zero-order valence-electron chi connectivity index (χ0n) is 10.8. The van der Waals surface area contributed by atoms with Gasteiger partial charge in [0.15, 0.2) is 0 Å². The molecule has 3 nitrogen and oxygen atoms in total. The van der Waals surface area contributed by atoms with Crippen LogP contribution in [0.25, 0.3) is 0 Å². The van der Waals surface area contributed by atoms with E-state index >= 15 is 0 Å². The van der Waals surface area contributed by atoms with Crippen LogP contribution in [0.4, 0.5) is 0 Å². The molecule has 1 aliphatic rings. The minimum absolute atomic E-state index is 0.730. The third-order valence-corrected chi connectivity index (χ3v) is 3.17. The Morgan fingerprint density at radius 2 is 2.20 bits per heavy atom. The van der Waals surface area contributed by atoms with Gasteiger partial charge in [0.2, 0.25) is 0 Å². The summed E-state index contributed by atoms with van der Waals surface area (Å²) in [5.74, 6) is 0.775. The molecule has 1 saturated heterocycles. The van der Waals surface area contributed by atoms with E-state index in [2.05, 4.69) is 43.1 Å². The van der Waals surface area contributed by atoms with Crippen LogP contribution in [0.2, 0.25) is 0 Å². The molecule has 0 radical (unpaired) electrons. The SMILES string of the molecule is CC(C)CN(C)CCC1CNCCN1C. The lowest BCUT2D eigenvalue weighted by atomic mass is 10.1. The first-order chi connectivity index (χ1) is 7.09. The van der Waals surface area contributed by atoms with Crippen molar-refractivity contribution in [2.24, 2.45) is 5.92 Å². The average Bonchev–Trinajstić information content (AvgIpc) is 2.15. The standard InChI is InChI=1S/C12H27N3/c1-11(2)10-14(3)7-5-12-9-13-6-8-15(12)4/h11-13H,5-10H2,1-4H3. The summed E-state index contributed by atoms with van der Waals surface area (Å²) < 4.78 is 0. The van der Waals surface area contributed by atoms with E-state index in [0.29, 0.717) is 0 Å². The zero-order valence-corrected chi connectivity index (χ0v) is 10.8. The Hall–Kier alpha value is -0.120. The topological polar surface area (TPSA) is 18.5 Å². The molecule has 1 heterocycles. The van der Waals surface area contributed by atoms with E-state index < -0.39 is 0 Å². The molecule has 0 bridgehead atoms. The number of nitrogens with one attached hydrogen (secondary N) is 1. The Morgan fingerprint density at radius 1 is 1.47 bits per heavy atom. The van der Waals surface area contributed by atoms with Crippen LogP contribution < -0.4 is 5.32 Å². The van der Waals surface area contributed by atoms with Gasteiger partial charge in [0.05, 0.1) is 0 Å². The van der Waals surface area contributed by atoms with Crippen molar-refractivity contribution in [2.45, 2.75) is 26.3 Å². The van der Waals surface area contributed by atoms with E-state index in [1.165, 1.54) is 26.1 Å². The number of likely N-dealkylation sites (N-methyl/N-ethyl adjacent to an activating group) is 1. The van der Waals surface area contributed by atoms with Gasteiger partial charge in [-0.05, 0) is 33.0 Å². The van der Waals surface area contributed by atoms with E-state index in [4.69, 9.17) is 0 Å². The van der Waals surface area contributed by atoms with Crippen molar-refractivity contribution in [3.05, 3.63) is 0 Å². The number of hydrogen-bond acceptors (Lipinski definition) is 3. The van der Waals surface area contributed by atoms with Crippen molar-refractivity contribution in [3.63, 3.8) is 0 Å². The van der Waals surface area contributed by atoms with Gasteiger partial charge in [0.25, 0.3) is 0 Å². The lowest BCUT2D eigenvalue weighted by Crippen LogP contribution is -2.50. The second kappa shape index (κ2) is 6.46. The second-order valence-corrected chi connectivity index (χ2v) is 5.28. The summed E-state index contributed by atoms with van der Waals surface area (Å²) in [7, 11) is 4.48. The number of nitrogens with zero attached hydrogens (tertiary/aromatic N) is 2. The molecule has 1 fully saturated rings. The molecule has 90 valence electrons. The minimum atomic E-state index is 0.730. The fourth-order valence-electron chi connectivity index (χ4n) is 2.27. The van der Waals surface area contributed by atoms with E-state index in [-0.39, 0.29) is 0 Å². The second-order valence-electron chi connectivity index (χ2n) is 5.28. The molecule has 0 spiro atoms. The van der Waals surface area contributed by atoms with Gasteiger partial charge in [-0.25, -0.2) is 0 Å². The number of piperazine rings is 1. The summed E-state index contributed by atoms with van der Waals surface area (Å²) in [6.07, 6.45) is 1.28. The highest BCUT2D eigenvalue weighted by molar-refractivity contribution is 4.78. The summed E-state index contributed by atoms with van der Waals surface area (Å²) in [5, 5.41) is 3.47. The molecule has 0 aromatic carbocycles. The molecule has 1 N–H and O–H groups in total. The lowest BCUT2D eigenvalue weighted by molar-refractivity contribution is 0.169. The third-order valence-electron chi connectivity index (χ3n) is 3.17. The average molecular weight is 213 g/mol. The normalized spacial score (nSPS) is 24.0. The summed E-state index contributed by atoms with van der Waals surface area (Å²) in [4.78, 5) is 4.94. The number of hydrogen-bond donors (Lipinski definition) is 1. The van der Waals surface area contributed by atoms with Gasteiger partial charge in [0, 0.05) is 32.2 Å². The van der Waals surface area contributed by atoms with E-state index in [1.807, 2.05) is 0 Å². The summed E-state index contributed by atoms with van der Waals surface area (Å²) >= 11 is 0. The van der Waals surface area contributed by atoms with Crippen molar-refractivity contribution in [2.75, 3.05) is 46.8 Å². The Bertz CT molecular complexity index is 170. The quantitative estimate of drug-likeness (QED) is 0.731. The molecule has 15 heavy (non-hydrogen) atoms. The summed E-state index contributed by atoms with van der Waals surface area (Å²) in [6, 6.07) is 0.730. The summed E-state index contributed by atoms with van der Waals surface area (Å²) in [6.45, 7) is 10.5. The maximum Gasteiger partial charge on any atom is 0.0230 e. The van der Waals surface area contributed by atoms with Gasteiger partial charge in [-0.3, -0.25) is 0 Å². The summed E-state index contributed by atoms with van der Waals surface area (Å²) in [5.41, 5.74) is 0. The molecule has 0 aliphatic carbocycles. The lowest BCUT2D eigenvalue weighted by Gasteiger charge is -2.34. The van der Waals surface area contributed by atoms with Crippen molar-refractivity contribution >= 4 is 0 Å². The molecule has 0 aromatic heterocycles. The van der Waals surface area contributed by atoms with E-state index in [0.717, 1.165) is 25.0 Å². The predicted octanol–water partition coefficient (Wildman–Crippen LogP) is 0.868. The molecule has 0 aromatic rings. The minimum Gasteiger partial charge on any atom is -0.314 e. The van der Waals surface area contributed by atoms with Gasteiger partial charge in [-0.2, -0.15) is 0 Å². The highest BCUT2D eigenvalue weighted by Gasteiger charge is 2.18. The monoisotopic (exact) mass is 213 g/mol. The van der Waals surface area contributed by atoms with Gasteiger partial charge in [-0.15, -0.1) is 0 Å². The van der Waals surface area contributed by atoms with Crippen molar-refractivity contribution < 1.29 is 0 Å². The molecule has 1 atom stereocenters. The smallest absolute Gasteiger partial charge is 0.0230 e.